The second kappa shape index (κ2) is 8.86. The molecule has 0 aliphatic carbocycles. The van der Waals surface area contributed by atoms with E-state index in [9.17, 15) is 22.8 Å². The van der Waals surface area contributed by atoms with Crippen molar-refractivity contribution < 1.29 is 27.5 Å². The molecule has 2 aromatic rings. The van der Waals surface area contributed by atoms with Crippen LogP contribution in [-0.4, -0.2) is 36.3 Å². The summed E-state index contributed by atoms with van der Waals surface area (Å²) in [5.74, 6) is -0.446. The Morgan fingerprint density at radius 3 is 2.58 bits per heavy atom. The van der Waals surface area contributed by atoms with E-state index in [-0.39, 0.29) is 13.0 Å². The number of anilines is 1. The summed E-state index contributed by atoms with van der Waals surface area (Å²) < 4.78 is 39.6. The number of ether oxygens (including phenoxy) is 1. The highest BCUT2D eigenvalue weighted by atomic mass is 35.5. The molecule has 0 saturated carbocycles. The van der Waals surface area contributed by atoms with Gasteiger partial charge in [0, 0.05) is 28.9 Å². The van der Waals surface area contributed by atoms with Crippen LogP contribution in [0.4, 0.5) is 23.1 Å². The molecule has 0 unspecified atom stereocenters. The molecule has 1 aromatic carbocycles. The molecule has 0 spiro atoms. The van der Waals surface area contributed by atoms with Gasteiger partial charge in [-0.1, -0.05) is 23.7 Å². The summed E-state index contributed by atoms with van der Waals surface area (Å²) in [6.07, 6.45) is -5.98. The van der Waals surface area contributed by atoms with Gasteiger partial charge >= 0.3 is 12.3 Å². The summed E-state index contributed by atoms with van der Waals surface area (Å²) >= 11 is 7.03. The number of halogens is 4. The summed E-state index contributed by atoms with van der Waals surface area (Å²) in [5, 5.41) is 7.31. The number of thiazole rings is 1. The van der Waals surface area contributed by atoms with E-state index < -0.39 is 24.8 Å². The highest BCUT2D eigenvalue weighted by molar-refractivity contribution is 7.14. The number of rotatable bonds is 6. The zero-order valence-corrected chi connectivity index (χ0v) is 14.7. The number of nitrogens with one attached hydrogen (secondary N) is 2. The molecule has 2 amide bonds. The largest absolute Gasteiger partial charge is 0.440 e. The van der Waals surface area contributed by atoms with Crippen LogP contribution in [0, 0.1) is 0 Å². The number of alkyl carbamates (subject to hydrolysis) is 1. The number of hydrogen-bond acceptors (Lipinski definition) is 5. The van der Waals surface area contributed by atoms with Crippen molar-refractivity contribution in [2.45, 2.75) is 12.6 Å². The quantitative estimate of drug-likeness (QED) is 0.756. The average molecular weight is 408 g/mol. The van der Waals surface area contributed by atoms with E-state index in [1.165, 1.54) is 11.3 Å². The number of carbonyl (C=O) groups excluding carboxylic acids is 2. The zero-order chi connectivity index (χ0) is 19.2. The normalized spacial score (nSPS) is 11.1. The highest BCUT2D eigenvalue weighted by Crippen LogP contribution is 2.26. The van der Waals surface area contributed by atoms with Crippen molar-refractivity contribution in [1.29, 1.82) is 0 Å². The third kappa shape index (κ3) is 6.89. The SMILES string of the molecule is O=C(CCNC(=O)OCC(F)(F)F)Nc1nc(-c2ccc(Cl)cc2)cs1. The van der Waals surface area contributed by atoms with Crippen molar-refractivity contribution >= 4 is 40.1 Å². The molecule has 1 heterocycles. The van der Waals surface area contributed by atoms with Gasteiger partial charge in [0.1, 0.15) is 0 Å². The monoisotopic (exact) mass is 407 g/mol. The molecule has 6 nitrogen and oxygen atoms in total. The van der Waals surface area contributed by atoms with Crippen molar-refractivity contribution in [3.63, 3.8) is 0 Å². The molecule has 1 aromatic heterocycles. The maximum Gasteiger partial charge on any atom is 0.422 e. The summed E-state index contributed by atoms with van der Waals surface area (Å²) in [4.78, 5) is 27.1. The van der Waals surface area contributed by atoms with Gasteiger partial charge in [0.15, 0.2) is 11.7 Å². The maximum atomic E-state index is 11.9. The van der Waals surface area contributed by atoms with Crippen molar-refractivity contribution in [3.8, 4) is 11.3 Å². The number of nitrogens with zero attached hydrogens (tertiary/aromatic N) is 1. The van der Waals surface area contributed by atoms with E-state index in [0.717, 1.165) is 5.56 Å². The Labute approximate surface area is 155 Å². The Balaban J connectivity index is 1.75. The molecule has 0 aliphatic heterocycles. The first-order valence-corrected chi connectivity index (χ1v) is 8.47. The minimum Gasteiger partial charge on any atom is -0.440 e. The van der Waals surface area contributed by atoms with Gasteiger partial charge in [0.25, 0.3) is 0 Å². The molecular weight excluding hydrogens is 395 g/mol. The molecule has 0 fully saturated rings. The Hall–Kier alpha value is -2.33. The predicted octanol–water partition coefficient (Wildman–Crippen LogP) is 4.08. The molecule has 11 heteroatoms. The number of alkyl halides is 3. The lowest BCUT2D eigenvalue weighted by molar-refractivity contribution is -0.160. The van der Waals surface area contributed by atoms with E-state index in [1.807, 2.05) is 0 Å². The average Bonchev–Trinajstić information content (AvgIpc) is 3.01. The Kier molecular flexibility index (Phi) is 6.81. The van der Waals surface area contributed by atoms with Crippen LogP contribution in [0.1, 0.15) is 6.42 Å². The fourth-order valence-electron chi connectivity index (χ4n) is 1.74. The van der Waals surface area contributed by atoms with E-state index in [0.29, 0.717) is 15.8 Å². The fourth-order valence-corrected chi connectivity index (χ4v) is 2.60. The van der Waals surface area contributed by atoms with Gasteiger partial charge in [-0.15, -0.1) is 11.3 Å². The summed E-state index contributed by atoms with van der Waals surface area (Å²) in [7, 11) is 0. The van der Waals surface area contributed by atoms with Crippen LogP contribution < -0.4 is 10.6 Å². The van der Waals surface area contributed by atoms with Crippen LogP contribution in [-0.2, 0) is 9.53 Å². The lowest BCUT2D eigenvalue weighted by Crippen LogP contribution is -2.31. The number of amides is 2. The molecule has 0 radical (unpaired) electrons. The van der Waals surface area contributed by atoms with Crippen molar-refractivity contribution in [3.05, 3.63) is 34.7 Å². The van der Waals surface area contributed by atoms with Gasteiger partial charge in [-0.05, 0) is 12.1 Å². The molecule has 26 heavy (non-hydrogen) atoms. The first-order chi connectivity index (χ1) is 12.2. The van der Waals surface area contributed by atoms with Gasteiger partial charge in [0.05, 0.1) is 5.69 Å². The van der Waals surface area contributed by atoms with Crippen molar-refractivity contribution in [2.75, 3.05) is 18.5 Å². The van der Waals surface area contributed by atoms with Gasteiger partial charge in [-0.3, -0.25) is 4.79 Å². The number of hydrogen-bond donors (Lipinski definition) is 2. The number of aromatic nitrogens is 1. The van der Waals surface area contributed by atoms with Gasteiger partial charge in [0.2, 0.25) is 5.91 Å². The third-order valence-corrected chi connectivity index (χ3v) is 3.89. The molecule has 2 N–H and O–H groups in total. The predicted molar refractivity (Wildman–Crippen MR) is 91.2 cm³/mol. The molecular formula is C15H13ClF3N3O3S. The van der Waals surface area contributed by atoms with Crippen LogP contribution in [0.25, 0.3) is 11.3 Å². The van der Waals surface area contributed by atoms with E-state index in [1.54, 1.807) is 29.6 Å². The maximum absolute atomic E-state index is 11.9. The van der Waals surface area contributed by atoms with E-state index in [4.69, 9.17) is 11.6 Å². The van der Waals surface area contributed by atoms with Crippen LogP contribution in [0.3, 0.4) is 0 Å². The van der Waals surface area contributed by atoms with Gasteiger partial charge < -0.3 is 15.4 Å². The van der Waals surface area contributed by atoms with Crippen molar-refractivity contribution in [2.24, 2.45) is 0 Å². The minimum atomic E-state index is -4.60. The highest BCUT2D eigenvalue weighted by Gasteiger charge is 2.29. The summed E-state index contributed by atoms with van der Waals surface area (Å²) in [6, 6.07) is 7.02. The van der Waals surface area contributed by atoms with E-state index in [2.05, 4.69) is 20.4 Å². The standard InChI is InChI=1S/C15H13ClF3N3O3S/c16-10-3-1-9(2-4-10)11-7-26-13(21-11)22-12(23)5-6-20-14(24)25-8-15(17,18)19/h1-4,7H,5-6,8H2,(H,20,24)(H,21,22,23). The summed E-state index contributed by atoms with van der Waals surface area (Å²) in [6.45, 7) is -1.85. The second-order valence-corrected chi connectivity index (χ2v) is 6.26. The molecule has 140 valence electrons. The van der Waals surface area contributed by atoms with Crippen molar-refractivity contribution in [1.82, 2.24) is 10.3 Å². The molecule has 0 bridgehead atoms. The lowest BCUT2D eigenvalue weighted by atomic mass is 10.2. The lowest BCUT2D eigenvalue weighted by Gasteiger charge is -2.08. The Morgan fingerprint density at radius 1 is 1.23 bits per heavy atom. The van der Waals surface area contributed by atoms with Crippen LogP contribution in [0.5, 0.6) is 0 Å². The smallest absolute Gasteiger partial charge is 0.422 e. The first-order valence-electron chi connectivity index (χ1n) is 7.21. The number of benzene rings is 1. The van der Waals surface area contributed by atoms with Gasteiger partial charge in [-0.2, -0.15) is 13.2 Å². The minimum absolute atomic E-state index is 0.142. The zero-order valence-electron chi connectivity index (χ0n) is 13.1. The van der Waals surface area contributed by atoms with Crippen LogP contribution >= 0.6 is 22.9 Å². The molecule has 0 saturated heterocycles. The Morgan fingerprint density at radius 2 is 1.92 bits per heavy atom. The third-order valence-electron chi connectivity index (χ3n) is 2.88. The molecule has 2 rings (SSSR count). The summed E-state index contributed by atoms with van der Waals surface area (Å²) in [5.41, 5.74) is 1.50. The first kappa shape index (κ1) is 20.0. The van der Waals surface area contributed by atoms with Gasteiger partial charge in [-0.25, -0.2) is 9.78 Å². The Bertz CT molecular complexity index is 765. The second-order valence-electron chi connectivity index (χ2n) is 4.96. The van der Waals surface area contributed by atoms with Crippen LogP contribution in [0.15, 0.2) is 29.6 Å². The topological polar surface area (TPSA) is 80.3 Å². The molecule has 0 atom stereocenters. The fraction of sp³-hybridized carbons (Fsp3) is 0.267. The molecule has 0 aliphatic rings. The van der Waals surface area contributed by atoms with Crippen LogP contribution in [0.2, 0.25) is 5.02 Å². The van der Waals surface area contributed by atoms with E-state index >= 15 is 0 Å². The number of carbonyl (C=O) groups is 2.